The topological polar surface area (TPSA) is 99.7 Å². The van der Waals surface area contributed by atoms with Crippen molar-refractivity contribution < 1.29 is 14.4 Å². The number of ketones is 1. The monoisotopic (exact) mass is 412 g/mol. The molecule has 1 fully saturated rings. The second kappa shape index (κ2) is 7.36. The number of carbonyl (C=O) groups is 3. The van der Waals surface area contributed by atoms with E-state index in [0.717, 1.165) is 24.1 Å². The molecule has 0 bridgehead atoms. The minimum absolute atomic E-state index is 0.0252. The largest absolute Gasteiger partial charge is 0.354 e. The van der Waals surface area contributed by atoms with Gasteiger partial charge in [0.1, 0.15) is 0 Å². The van der Waals surface area contributed by atoms with Crippen LogP contribution in [0.5, 0.6) is 0 Å². The fourth-order valence-corrected chi connectivity index (χ4v) is 3.73. The average molecular weight is 412 g/mol. The number of benzene rings is 2. The number of Topliss-reactive ketones (excluding diaryl/α,β-unsaturated/α-hetero) is 1. The molecule has 7 heteroatoms. The Kier molecular flexibility index (Phi) is 4.51. The van der Waals surface area contributed by atoms with Crippen LogP contribution in [0.3, 0.4) is 0 Å². The molecule has 31 heavy (non-hydrogen) atoms. The van der Waals surface area contributed by atoms with Crippen LogP contribution >= 0.6 is 0 Å². The zero-order valence-corrected chi connectivity index (χ0v) is 16.9. The molecule has 2 aliphatic heterocycles. The number of nitrogens with one attached hydrogen (secondary N) is 3. The van der Waals surface area contributed by atoms with Crippen LogP contribution in [-0.2, 0) is 9.59 Å². The maximum absolute atomic E-state index is 13.4. The lowest BCUT2D eigenvalue weighted by Crippen LogP contribution is -2.20. The molecular formula is C24H20N4O3. The third-order valence-electron chi connectivity index (χ3n) is 5.57. The van der Waals surface area contributed by atoms with Gasteiger partial charge in [-0.05, 0) is 56.2 Å². The van der Waals surface area contributed by atoms with Gasteiger partial charge in [-0.3, -0.25) is 14.4 Å². The summed E-state index contributed by atoms with van der Waals surface area (Å²) in [5.74, 6) is -0.334. The second-order valence-corrected chi connectivity index (χ2v) is 7.83. The van der Waals surface area contributed by atoms with Gasteiger partial charge in [0, 0.05) is 34.0 Å². The first kappa shape index (κ1) is 19.0. The van der Waals surface area contributed by atoms with Crippen molar-refractivity contribution in [2.45, 2.75) is 19.8 Å². The highest BCUT2D eigenvalue weighted by Gasteiger charge is 2.30. The highest BCUT2D eigenvalue weighted by molar-refractivity contribution is 6.32. The van der Waals surface area contributed by atoms with Crippen LogP contribution in [-0.4, -0.2) is 23.3 Å². The van der Waals surface area contributed by atoms with Crippen molar-refractivity contribution in [1.29, 1.82) is 0 Å². The molecule has 1 aliphatic carbocycles. The number of rotatable bonds is 4. The second-order valence-electron chi connectivity index (χ2n) is 7.83. The Labute approximate surface area is 178 Å². The van der Waals surface area contributed by atoms with Crippen LogP contribution in [0.2, 0.25) is 0 Å². The van der Waals surface area contributed by atoms with Gasteiger partial charge >= 0.3 is 0 Å². The van der Waals surface area contributed by atoms with E-state index in [0.29, 0.717) is 33.8 Å². The molecule has 2 aromatic rings. The van der Waals surface area contributed by atoms with Gasteiger partial charge in [-0.2, -0.15) is 5.10 Å². The number of nitrogens with zero attached hydrogens (tertiary/aromatic N) is 1. The predicted molar refractivity (Wildman–Crippen MR) is 118 cm³/mol. The van der Waals surface area contributed by atoms with Crippen LogP contribution in [0.15, 0.2) is 71.0 Å². The molecule has 2 heterocycles. The number of carbonyl (C=O) groups excluding carboxylic acids is 3. The SMILES string of the molecule is CC1=NNC(=O)C1=C1C=C(C(=O)c2ccc(NC(=O)C3CC3)cc2)c2ccccc2N1. The quantitative estimate of drug-likeness (QED) is 0.529. The minimum Gasteiger partial charge on any atom is -0.354 e. The number of hydrogen-bond acceptors (Lipinski definition) is 5. The molecule has 1 saturated carbocycles. The minimum atomic E-state index is -0.307. The van der Waals surface area contributed by atoms with E-state index >= 15 is 0 Å². The molecule has 7 nitrogen and oxygen atoms in total. The normalized spacial score (nSPS) is 19.6. The first-order valence-electron chi connectivity index (χ1n) is 10.1. The molecule has 0 saturated heterocycles. The summed E-state index contributed by atoms with van der Waals surface area (Å²) in [5.41, 5.74) is 7.12. The third-order valence-corrected chi connectivity index (χ3v) is 5.57. The van der Waals surface area contributed by atoms with Crippen LogP contribution < -0.4 is 16.1 Å². The first-order chi connectivity index (χ1) is 15.0. The Hall–Kier alpha value is -4.00. The maximum Gasteiger partial charge on any atom is 0.275 e. The van der Waals surface area contributed by atoms with E-state index in [-0.39, 0.29) is 23.5 Å². The van der Waals surface area contributed by atoms with Crippen LogP contribution in [0.1, 0.15) is 35.7 Å². The highest BCUT2D eigenvalue weighted by atomic mass is 16.2. The van der Waals surface area contributed by atoms with Gasteiger partial charge in [0.15, 0.2) is 5.78 Å². The molecule has 2 amide bonds. The van der Waals surface area contributed by atoms with Crippen molar-refractivity contribution in [2.75, 3.05) is 10.6 Å². The van der Waals surface area contributed by atoms with E-state index in [1.165, 1.54) is 0 Å². The fourth-order valence-electron chi connectivity index (χ4n) is 3.73. The Morgan fingerprint density at radius 1 is 1.06 bits per heavy atom. The molecule has 0 radical (unpaired) electrons. The summed E-state index contributed by atoms with van der Waals surface area (Å²) in [7, 11) is 0. The van der Waals surface area contributed by atoms with Crippen LogP contribution in [0.25, 0.3) is 5.57 Å². The summed E-state index contributed by atoms with van der Waals surface area (Å²) in [6, 6.07) is 14.4. The number of hydrogen-bond donors (Lipinski definition) is 3. The Morgan fingerprint density at radius 2 is 1.81 bits per heavy atom. The molecular weight excluding hydrogens is 392 g/mol. The molecule has 0 unspecified atom stereocenters. The lowest BCUT2D eigenvalue weighted by molar-refractivity contribution is -0.117. The van der Waals surface area contributed by atoms with E-state index in [1.54, 1.807) is 37.3 Å². The van der Waals surface area contributed by atoms with Gasteiger partial charge in [-0.15, -0.1) is 0 Å². The third kappa shape index (κ3) is 3.54. The summed E-state index contributed by atoms with van der Waals surface area (Å²) in [6.45, 7) is 1.74. The van der Waals surface area contributed by atoms with Crippen molar-refractivity contribution >= 4 is 40.3 Å². The fraction of sp³-hybridized carbons (Fsp3) is 0.167. The van der Waals surface area contributed by atoms with Gasteiger partial charge in [0.2, 0.25) is 5.91 Å². The van der Waals surface area contributed by atoms with Crippen LogP contribution in [0.4, 0.5) is 11.4 Å². The predicted octanol–water partition coefficient (Wildman–Crippen LogP) is 3.49. The van der Waals surface area contributed by atoms with Crippen molar-refractivity contribution in [2.24, 2.45) is 11.0 Å². The molecule has 0 aromatic heterocycles. The standard InChI is InChI=1S/C24H20N4O3/c1-13-21(24(31)28-27-13)20-12-18(17-4-2-3-5-19(17)26-20)22(29)14-8-10-16(11-9-14)25-23(30)15-6-7-15/h2-5,8-12,15,26H,6-7H2,1H3,(H,25,30)(H,28,31). The van der Waals surface area contributed by atoms with Gasteiger partial charge < -0.3 is 10.6 Å². The smallest absolute Gasteiger partial charge is 0.275 e. The van der Waals surface area contributed by atoms with E-state index in [9.17, 15) is 14.4 Å². The molecule has 0 spiro atoms. The molecule has 3 N–H and O–H groups in total. The summed E-state index contributed by atoms with van der Waals surface area (Å²) < 4.78 is 0. The molecule has 5 rings (SSSR count). The summed E-state index contributed by atoms with van der Waals surface area (Å²) in [5, 5.41) is 10.1. The van der Waals surface area contributed by atoms with Crippen molar-refractivity contribution in [3.05, 3.63) is 77.0 Å². The summed E-state index contributed by atoms with van der Waals surface area (Å²) in [6.07, 6.45) is 3.57. The number of fused-ring (bicyclic) bond motifs is 1. The zero-order chi connectivity index (χ0) is 21.5. The van der Waals surface area contributed by atoms with E-state index in [4.69, 9.17) is 0 Å². The summed E-state index contributed by atoms with van der Waals surface area (Å²) in [4.78, 5) is 37.6. The zero-order valence-electron chi connectivity index (χ0n) is 16.9. The van der Waals surface area contributed by atoms with Crippen molar-refractivity contribution in [1.82, 2.24) is 5.43 Å². The maximum atomic E-state index is 13.4. The van der Waals surface area contributed by atoms with Gasteiger partial charge in [-0.1, -0.05) is 18.2 Å². The number of amides is 2. The first-order valence-corrected chi connectivity index (χ1v) is 10.1. The number of allylic oxidation sites excluding steroid dienone is 2. The van der Waals surface area contributed by atoms with Crippen molar-refractivity contribution in [3.63, 3.8) is 0 Å². The highest BCUT2D eigenvalue weighted by Crippen LogP contribution is 2.35. The lowest BCUT2D eigenvalue weighted by atomic mass is 9.90. The molecule has 2 aromatic carbocycles. The number of anilines is 2. The van der Waals surface area contributed by atoms with Gasteiger partial charge in [0.05, 0.1) is 17.0 Å². The molecule has 3 aliphatic rings. The summed E-state index contributed by atoms with van der Waals surface area (Å²) >= 11 is 0. The average Bonchev–Trinajstić information content (AvgIpc) is 3.58. The number of hydrazone groups is 1. The van der Waals surface area contributed by atoms with Gasteiger partial charge in [-0.25, -0.2) is 5.43 Å². The van der Waals surface area contributed by atoms with E-state index in [2.05, 4.69) is 21.2 Å². The van der Waals surface area contributed by atoms with Crippen LogP contribution in [0, 0.1) is 5.92 Å². The number of para-hydroxylation sites is 1. The Bertz CT molecular complexity index is 1220. The molecule has 0 atom stereocenters. The van der Waals surface area contributed by atoms with Crippen molar-refractivity contribution in [3.8, 4) is 0 Å². The van der Waals surface area contributed by atoms with E-state index in [1.807, 2.05) is 24.3 Å². The lowest BCUT2D eigenvalue weighted by Gasteiger charge is -2.22. The van der Waals surface area contributed by atoms with Gasteiger partial charge in [0.25, 0.3) is 5.91 Å². The Morgan fingerprint density at radius 3 is 2.48 bits per heavy atom. The molecule has 154 valence electrons. The van der Waals surface area contributed by atoms with E-state index < -0.39 is 0 Å². The Balaban J connectivity index is 1.50.